The Balaban J connectivity index is 1.67. The van der Waals surface area contributed by atoms with Crippen molar-refractivity contribution in [2.45, 2.75) is 45.9 Å². The van der Waals surface area contributed by atoms with Gasteiger partial charge in [0.2, 0.25) is 0 Å². The molecule has 0 unspecified atom stereocenters. The fourth-order valence-corrected chi connectivity index (χ4v) is 3.71. The summed E-state index contributed by atoms with van der Waals surface area (Å²) in [5.41, 5.74) is 2.97. The quantitative estimate of drug-likeness (QED) is 0.477. The molecule has 1 heterocycles. The van der Waals surface area contributed by atoms with Gasteiger partial charge in [-0.05, 0) is 49.1 Å². The highest BCUT2D eigenvalue weighted by Gasteiger charge is 2.15. The molecular weight excluding hydrogens is 375 g/mol. The fraction of sp³-hybridized carbons (Fsp3) is 0.385. The summed E-state index contributed by atoms with van der Waals surface area (Å²) >= 11 is 0. The number of aliphatic hydroxyl groups excluding tert-OH is 1. The van der Waals surface area contributed by atoms with E-state index in [9.17, 15) is 9.50 Å². The van der Waals surface area contributed by atoms with Crippen LogP contribution < -0.4 is 0 Å². The predicted octanol–water partition coefficient (Wildman–Crippen LogP) is 5.13. The minimum absolute atomic E-state index is 0.174. The Kier molecular flexibility index (Phi) is 8.23. The summed E-state index contributed by atoms with van der Waals surface area (Å²) in [6.07, 6.45) is 3.30. The summed E-state index contributed by atoms with van der Waals surface area (Å²) in [6, 6.07) is 21.2. The number of aliphatic hydroxyl groups is 1. The van der Waals surface area contributed by atoms with E-state index in [0.717, 1.165) is 30.8 Å². The Hall–Kier alpha value is -2.43. The summed E-state index contributed by atoms with van der Waals surface area (Å²) in [5.74, 6) is 0.427. The molecule has 1 N–H and O–H groups in total. The van der Waals surface area contributed by atoms with E-state index in [0.29, 0.717) is 31.0 Å². The van der Waals surface area contributed by atoms with Gasteiger partial charge in [-0.1, -0.05) is 62.4 Å². The lowest BCUT2D eigenvalue weighted by atomic mass is 10.1. The summed E-state index contributed by atoms with van der Waals surface area (Å²) in [4.78, 5) is 2.32. The van der Waals surface area contributed by atoms with Crippen LogP contribution in [-0.4, -0.2) is 33.8 Å². The lowest BCUT2D eigenvalue weighted by molar-refractivity contribution is 0.104. The first-order valence-electron chi connectivity index (χ1n) is 10.8. The third-order valence-electron chi connectivity index (χ3n) is 5.41. The molecule has 0 aliphatic rings. The first-order valence-corrected chi connectivity index (χ1v) is 10.8. The van der Waals surface area contributed by atoms with Crippen LogP contribution in [0.25, 0.3) is 0 Å². The summed E-state index contributed by atoms with van der Waals surface area (Å²) in [5, 5.41) is 10.7. The predicted molar refractivity (Wildman–Crippen MR) is 121 cm³/mol. The summed E-state index contributed by atoms with van der Waals surface area (Å²) in [6.45, 7) is 7.24. The number of hydrogen-bond donors (Lipinski definition) is 1. The standard InChI is InChI=1S/C26H33FN2O/c1-21(2)14-16-28(20-25(30)17-22-9-4-3-5-10-22)19-24-12-8-15-29(24)18-23-11-6-7-13-26(23)27/h3-13,15,21,25,30H,14,16-20H2,1-2H3/t25-/m1/s1. The highest BCUT2D eigenvalue weighted by Crippen LogP contribution is 2.15. The Morgan fingerprint density at radius 1 is 0.967 bits per heavy atom. The van der Waals surface area contributed by atoms with Crippen molar-refractivity contribution in [1.29, 1.82) is 0 Å². The van der Waals surface area contributed by atoms with Crippen LogP contribution in [0.5, 0.6) is 0 Å². The van der Waals surface area contributed by atoms with Crippen LogP contribution in [0.2, 0.25) is 0 Å². The zero-order valence-electron chi connectivity index (χ0n) is 18.0. The van der Waals surface area contributed by atoms with Crippen LogP contribution in [-0.2, 0) is 19.5 Å². The molecule has 0 saturated carbocycles. The normalized spacial score (nSPS) is 12.6. The molecule has 0 fully saturated rings. The van der Waals surface area contributed by atoms with E-state index in [1.807, 2.05) is 42.6 Å². The second-order valence-electron chi connectivity index (χ2n) is 8.48. The molecule has 1 aromatic heterocycles. The largest absolute Gasteiger partial charge is 0.391 e. The monoisotopic (exact) mass is 408 g/mol. The Morgan fingerprint density at radius 2 is 1.70 bits per heavy atom. The second kappa shape index (κ2) is 11.1. The molecular formula is C26H33FN2O. The third kappa shape index (κ3) is 6.82. The van der Waals surface area contributed by atoms with Gasteiger partial charge >= 0.3 is 0 Å². The van der Waals surface area contributed by atoms with Crippen LogP contribution in [0.15, 0.2) is 72.9 Å². The van der Waals surface area contributed by atoms with Gasteiger partial charge in [0.1, 0.15) is 5.82 Å². The van der Waals surface area contributed by atoms with Crippen molar-refractivity contribution in [2.75, 3.05) is 13.1 Å². The van der Waals surface area contributed by atoms with E-state index in [4.69, 9.17) is 0 Å². The van der Waals surface area contributed by atoms with E-state index in [-0.39, 0.29) is 5.82 Å². The van der Waals surface area contributed by atoms with Crippen LogP contribution in [0.1, 0.15) is 37.1 Å². The molecule has 0 amide bonds. The van der Waals surface area contributed by atoms with Crippen molar-refractivity contribution in [3.8, 4) is 0 Å². The minimum Gasteiger partial charge on any atom is -0.391 e. The first kappa shape index (κ1) is 22.3. The first-order chi connectivity index (χ1) is 14.5. The average Bonchev–Trinajstić information content (AvgIpc) is 3.15. The van der Waals surface area contributed by atoms with E-state index < -0.39 is 6.10 Å². The number of nitrogens with zero attached hydrogens (tertiary/aromatic N) is 2. The second-order valence-corrected chi connectivity index (χ2v) is 8.48. The lowest BCUT2D eigenvalue weighted by Crippen LogP contribution is -2.35. The van der Waals surface area contributed by atoms with E-state index in [2.05, 4.69) is 41.5 Å². The van der Waals surface area contributed by atoms with Gasteiger partial charge in [-0.15, -0.1) is 0 Å². The van der Waals surface area contributed by atoms with Crippen LogP contribution in [0.3, 0.4) is 0 Å². The maximum Gasteiger partial charge on any atom is 0.128 e. The van der Waals surface area contributed by atoms with Crippen molar-refractivity contribution in [2.24, 2.45) is 5.92 Å². The van der Waals surface area contributed by atoms with Crippen molar-refractivity contribution in [3.63, 3.8) is 0 Å². The Bertz CT molecular complexity index is 891. The molecule has 0 spiro atoms. The number of benzene rings is 2. The van der Waals surface area contributed by atoms with Gasteiger partial charge in [0, 0.05) is 30.5 Å². The molecule has 160 valence electrons. The van der Waals surface area contributed by atoms with Gasteiger partial charge in [-0.3, -0.25) is 4.90 Å². The summed E-state index contributed by atoms with van der Waals surface area (Å²) in [7, 11) is 0. The molecule has 2 aromatic carbocycles. The van der Waals surface area contributed by atoms with Gasteiger partial charge in [0.05, 0.1) is 12.6 Å². The van der Waals surface area contributed by atoms with Gasteiger partial charge < -0.3 is 9.67 Å². The number of rotatable bonds is 11. The SMILES string of the molecule is CC(C)CCN(Cc1cccn1Cc1ccccc1F)C[C@H](O)Cc1ccccc1. The van der Waals surface area contributed by atoms with Gasteiger partial charge in [-0.25, -0.2) is 4.39 Å². The number of aromatic nitrogens is 1. The maximum absolute atomic E-state index is 14.1. The smallest absolute Gasteiger partial charge is 0.128 e. The van der Waals surface area contributed by atoms with Crippen molar-refractivity contribution in [1.82, 2.24) is 9.47 Å². The van der Waals surface area contributed by atoms with Gasteiger partial charge in [0.15, 0.2) is 0 Å². The Labute approximate surface area is 179 Å². The molecule has 0 aliphatic carbocycles. The molecule has 3 rings (SSSR count). The number of halogens is 1. The molecule has 0 radical (unpaired) electrons. The molecule has 1 atom stereocenters. The maximum atomic E-state index is 14.1. The highest BCUT2D eigenvalue weighted by atomic mass is 19.1. The molecule has 0 aliphatic heterocycles. The topological polar surface area (TPSA) is 28.4 Å². The van der Waals surface area contributed by atoms with Crippen molar-refractivity contribution < 1.29 is 9.50 Å². The van der Waals surface area contributed by atoms with Crippen molar-refractivity contribution >= 4 is 0 Å². The lowest BCUT2D eigenvalue weighted by Gasteiger charge is -2.26. The van der Waals surface area contributed by atoms with Gasteiger partial charge in [0.25, 0.3) is 0 Å². The zero-order valence-corrected chi connectivity index (χ0v) is 18.0. The summed E-state index contributed by atoms with van der Waals surface area (Å²) < 4.78 is 16.2. The Morgan fingerprint density at radius 3 is 2.43 bits per heavy atom. The fourth-order valence-electron chi connectivity index (χ4n) is 3.71. The van der Waals surface area contributed by atoms with E-state index in [1.54, 1.807) is 6.07 Å². The van der Waals surface area contributed by atoms with Crippen molar-refractivity contribution in [3.05, 3.63) is 95.6 Å². The molecule has 4 heteroatoms. The molecule has 3 nitrogen and oxygen atoms in total. The van der Waals surface area contributed by atoms with E-state index in [1.165, 1.54) is 6.07 Å². The van der Waals surface area contributed by atoms with Crippen LogP contribution >= 0.6 is 0 Å². The molecule has 0 saturated heterocycles. The minimum atomic E-state index is -0.422. The van der Waals surface area contributed by atoms with Gasteiger partial charge in [-0.2, -0.15) is 0 Å². The van der Waals surface area contributed by atoms with E-state index >= 15 is 0 Å². The average molecular weight is 409 g/mol. The highest BCUT2D eigenvalue weighted by molar-refractivity contribution is 5.20. The third-order valence-corrected chi connectivity index (χ3v) is 5.41. The molecule has 30 heavy (non-hydrogen) atoms. The molecule has 0 bridgehead atoms. The molecule has 3 aromatic rings. The number of hydrogen-bond acceptors (Lipinski definition) is 2. The van der Waals surface area contributed by atoms with Crippen LogP contribution in [0.4, 0.5) is 4.39 Å². The zero-order chi connectivity index (χ0) is 21.3. The van der Waals surface area contributed by atoms with Crippen LogP contribution in [0, 0.1) is 11.7 Å².